The number of anilines is 2. The third-order valence-electron chi connectivity index (χ3n) is 2.90. The van der Waals surface area contributed by atoms with Crippen molar-refractivity contribution in [2.75, 3.05) is 11.1 Å². The molecule has 0 aliphatic rings. The summed E-state index contributed by atoms with van der Waals surface area (Å²) in [5.41, 5.74) is 4.65. The summed E-state index contributed by atoms with van der Waals surface area (Å²) in [4.78, 5) is 11.9. The van der Waals surface area contributed by atoms with Crippen molar-refractivity contribution in [2.24, 2.45) is 0 Å². The zero-order valence-corrected chi connectivity index (χ0v) is 10.8. The van der Waals surface area contributed by atoms with E-state index in [2.05, 4.69) is 5.32 Å². The van der Waals surface area contributed by atoms with E-state index in [0.717, 1.165) is 6.92 Å². The molecule has 0 fully saturated rings. The molecule has 0 aromatic heterocycles. The van der Waals surface area contributed by atoms with E-state index >= 15 is 0 Å². The molecule has 0 heterocycles. The molecule has 2 rings (SSSR count). The zero-order valence-electron chi connectivity index (χ0n) is 10.8. The largest absolute Gasteiger partial charge is 0.399 e. The molecule has 3 nitrogen and oxygen atoms in total. The molecule has 0 radical (unpaired) electrons. The van der Waals surface area contributed by atoms with Crippen molar-refractivity contribution in [3.8, 4) is 0 Å². The van der Waals surface area contributed by atoms with Crippen molar-refractivity contribution >= 4 is 17.3 Å². The molecule has 2 aromatic rings. The lowest BCUT2D eigenvalue weighted by Crippen LogP contribution is -2.18. The Labute approximate surface area is 117 Å². The predicted octanol–water partition coefficient (Wildman–Crippen LogP) is 3.39. The number of hydrogen-bond donors (Lipinski definition) is 2. The summed E-state index contributed by atoms with van der Waals surface area (Å²) in [7, 11) is 0. The number of benzene rings is 2. The predicted molar refractivity (Wildman–Crippen MR) is 69.8 cm³/mol. The molecule has 0 spiro atoms. The van der Waals surface area contributed by atoms with Crippen LogP contribution in [0, 0.1) is 30.2 Å². The lowest BCUT2D eigenvalue weighted by molar-refractivity contribution is 0.102. The summed E-state index contributed by atoms with van der Waals surface area (Å²) in [6.45, 7) is 0.985. The third kappa shape index (κ3) is 2.67. The second-order valence-corrected chi connectivity index (χ2v) is 4.33. The van der Waals surface area contributed by atoms with Gasteiger partial charge in [0.15, 0.2) is 23.3 Å². The van der Waals surface area contributed by atoms with Crippen LogP contribution in [0.4, 0.5) is 28.9 Å². The lowest BCUT2D eigenvalue weighted by Gasteiger charge is -2.11. The van der Waals surface area contributed by atoms with Gasteiger partial charge in [0.1, 0.15) is 0 Å². The number of hydrogen-bond acceptors (Lipinski definition) is 2. The van der Waals surface area contributed by atoms with Gasteiger partial charge < -0.3 is 11.1 Å². The number of nitrogen functional groups attached to an aromatic ring is 1. The second-order valence-electron chi connectivity index (χ2n) is 4.33. The average Bonchev–Trinajstić information content (AvgIpc) is 2.46. The smallest absolute Gasteiger partial charge is 0.259 e. The number of nitrogens with two attached hydrogens (primary N) is 1. The molecule has 110 valence electrons. The fourth-order valence-corrected chi connectivity index (χ4v) is 1.77. The number of rotatable bonds is 2. The molecule has 0 bridgehead atoms. The maximum Gasteiger partial charge on any atom is 0.259 e. The fraction of sp³-hybridized carbons (Fsp3) is 0.0714. The van der Waals surface area contributed by atoms with E-state index in [1.807, 2.05) is 0 Å². The van der Waals surface area contributed by atoms with Gasteiger partial charge in [0.2, 0.25) is 0 Å². The summed E-state index contributed by atoms with van der Waals surface area (Å²) >= 11 is 0. The minimum atomic E-state index is -2.03. The van der Waals surface area contributed by atoms with Gasteiger partial charge in [-0.15, -0.1) is 0 Å². The molecule has 3 N–H and O–H groups in total. The number of amides is 1. The Bertz CT molecular complexity index is 685. The molecule has 2 aromatic carbocycles. The van der Waals surface area contributed by atoms with Crippen LogP contribution < -0.4 is 11.1 Å². The van der Waals surface area contributed by atoms with Crippen molar-refractivity contribution in [1.82, 2.24) is 0 Å². The van der Waals surface area contributed by atoms with Crippen LogP contribution >= 0.6 is 0 Å². The van der Waals surface area contributed by atoms with E-state index in [9.17, 15) is 22.4 Å². The van der Waals surface area contributed by atoms with Gasteiger partial charge in [0, 0.05) is 16.9 Å². The van der Waals surface area contributed by atoms with Crippen LogP contribution in [0.1, 0.15) is 15.9 Å². The van der Waals surface area contributed by atoms with Gasteiger partial charge in [-0.05, 0) is 31.2 Å². The van der Waals surface area contributed by atoms with Crippen LogP contribution in [0.3, 0.4) is 0 Å². The molecule has 0 atom stereocenters. The standard InChI is InChI=1S/C14H10F4N2O/c1-6-9(11(16)13(18)12(17)10(6)15)14(21)20-8-4-2-7(19)3-5-8/h2-5H,19H2,1H3,(H,20,21). The van der Waals surface area contributed by atoms with Gasteiger partial charge in [-0.2, -0.15) is 0 Å². The Balaban J connectivity index is 2.42. The molecule has 21 heavy (non-hydrogen) atoms. The van der Waals surface area contributed by atoms with Crippen LogP contribution in [0.25, 0.3) is 0 Å². The molecular weight excluding hydrogens is 288 g/mol. The summed E-state index contributed by atoms with van der Waals surface area (Å²) in [6.07, 6.45) is 0. The molecule has 0 saturated heterocycles. The van der Waals surface area contributed by atoms with Crippen molar-refractivity contribution < 1.29 is 22.4 Å². The quantitative estimate of drug-likeness (QED) is 0.386. The number of halogens is 4. The number of carbonyl (C=O) groups excluding carboxylic acids is 1. The van der Waals surface area contributed by atoms with Crippen LogP contribution in [0.2, 0.25) is 0 Å². The van der Waals surface area contributed by atoms with Crippen molar-refractivity contribution in [3.05, 3.63) is 58.7 Å². The highest BCUT2D eigenvalue weighted by molar-refractivity contribution is 6.05. The maximum atomic E-state index is 13.7. The molecule has 7 heteroatoms. The summed E-state index contributed by atoms with van der Waals surface area (Å²) in [5.74, 6) is -8.40. The van der Waals surface area contributed by atoms with Crippen LogP contribution in [-0.2, 0) is 0 Å². The highest BCUT2D eigenvalue weighted by Gasteiger charge is 2.26. The van der Waals surface area contributed by atoms with Crippen LogP contribution in [0.5, 0.6) is 0 Å². The molecule has 0 aliphatic heterocycles. The molecule has 0 aliphatic carbocycles. The Morgan fingerprint density at radius 2 is 1.48 bits per heavy atom. The SMILES string of the molecule is Cc1c(F)c(F)c(F)c(F)c1C(=O)Nc1ccc(N)cc1. The number of carbonyl (C=O) groups is 1. The minimum Gasteiger partial charge on any atom is -0.399 e. The first kappa shape index (κ1) is 14.8. The van der Waals surface area contributed by atoms with Gasteiger partial charge in [-0.25, -0.2) is 17.6 Å². The van der Waals surface area contributed by atoms with Gasteiger partial charge in [-0.1, -0.05) is 0 Å². The average molecular weight is 298 g/mol. The summed E-state index contributed by atoms with van der Waals surface area (Å²) in [5, 5.41) is 2.25. The van der Waals surface area contributed by atoms with Crippen molar-refractivity contribution in [1.29, 1.82) is 0 Å². The van der Waals surface area contributed by atoms with E-state index < -0.39 is 40.3 Å². The first-order valence-electron chi connectivity index (χ1n) is 5.82. The zero-order chi connectivity index (χ0) is 15.7. The molecule has 1 amide bonds. The van der Waals surface area contributed by atoms with E-state index in [1.165, 1.54) is 24.3 Å². The second kappa shape index (κ2) is 5.43. The minimum absolute atomic E-state index is 0.248. The van der Waals surface area contributed by atoms with Crippen molar-refractivity contribution in [3.63, 3.8) is 0 Å². The van der Waals surface area contributed by atoms with E-state index in [4.69, 9.17) is 5.73 Å². The van der Waals surface area contributed by atoms with E-state index in [-0.39, 0.29) is 5.69 Å². The van der Waals surface area contributed by atoms with Gasteiger partial charge in [0.05, 0.1) is 5.56 Å². The maximum absolute atomic E-state index is 13.7. The molecular formula is C14H10F4N2O. The van der Waals surface area contributed by atoms with Crippen molar-refractivity contribution in [2.45, 2.75) is 6.92 Å². The van der Waals surface area contributed by atoms with Crippen LogP contribution in [-0.4, -0.2) is 5.91 Å². The summed E-state index contributed by atoms with van der Waals surface area (Å²) < 4.78 is 53.3. The normalized spacial score (nSPS) is 10.5. The Hall–Kier alpha value is -2.57. The Morgan fingerprint density at radius 3 is 2.05 bits per heavy atom. The van der Waals surface area contributed by atoms with E-state index in [0.29, 0.717) is 5.69 Å². The monoisotopic (exact) mass is 298 g/mol. The first-order chi connectivity index (χ1) is 9.82. The first-order valence-corrected chi connectivity index (χ1v) is 5.82. The van der Waals surface area contributed by atoms with Gasteiger partial charge in [-0.3, -0.25) is 4.79 Å². The fourth-order valence-electron chi connectivity index (χ4n) is 1.77. The Kier molecular flexibility index (Phi) is 3.84. The molecule has 0 unspecified atom stereocenters. The number of nitrogens with one attached hydrogen (secondary N) is 1. The summed E-state index contributed by atoms with van der Waals surface area (Å²) in [6, 6.07) is 5.81. The lowest BCUT2D eigenvalue weighted by atomic mass is 10.1. The third-order valence-corrected chi connectivity index (χ3v) is 2.90. The topological polar surface area (TPSA) is 55.1 Å². The molecule has 0 saturated carbocycles. The van der Waals surface area contributed by atoms with Gasteiger partial charge >= 0.3 is 0 Å². The van der Waals surface area contributed by atoms with Gasteiger partial charge in [0.25, 0.3) is 5.91 Å². The highest BCUT2D eigenvalue weighted by Crippen LogP contribution is 2.24. The van der Waals surface area contributed by atoms with E-state index in [1.54, 1.807) is 0 Å². The van der Waals surface area contributed by atoms with Crippen LogP contribution in [0.15, 0.2) is 24.3 Å². The highest BCUT2D eigenvalue weighted by atomic mass is 19.2. The Morgan fingerprint density at radius 1 is 0.952 bits per heavy atom.